The van der Waals surface area contributed by atoms with E-state index >= 15 is 0 Å². The summed E-state index contributed by atoms with van der Waals surface area (Å²) in [6.45, 7) is 2.48. The molecule has 1 aromatic carbocycles. The Kier molecular flexibility index (Phi) is 4.96. The molecule has 0 saturated carbocycles. The Morgan fingerprint density at radius 2 is 2.00 bits per heavy atom. The molecule has 1 fully saturated rings. The van der Waals surface area contributed by atoms with Crippen LogP contribution in [0.5, 0.6) is 5.75 Å². The van der Waals surface area contributed by atoms with Crippen molar-refractivity contribution in [2.75, 3.05) is 13.2 Å². The number of carbonyl (C=O) groups excluding carboxylic acids is 2. The molecule has 0 N–H and O–H groups in total. The fourth-order valence-corrected chi connectivity index (χ4v) is 3.13. The third-order valence-corrected chi connectivity index (χ3v) is 4.36. The van der Waals surface area contributed by atoms with Gasteiger partial charge >= 0.3 is 0 Å². The zero-order valence-electron chi connectivity index (χ0n) is 13.1. The molecule has 2 aromatic rings. The molecule has 5 nitrogen and oxygen atoms in total. The lowest BCUT2D eigenvalue weighted by Gasteiger charge is -2.13. The maximum Gasteiger partial charge on any atom is 0.293 e. The van der Waals surface area contributed by atoms with E-state index in [2.05, 4.69) is 4.98 Å². The second-order valence-electron chi connectivity index (χ2n) is 5.28. The first-order valence-corrected chi connectivity index (χ1v) is 8.30. The van der Waals surface area contributed by atoms with E-state index in [1.54, 1.807) is 30.6 Å². The first-order valence-electron chi connectivity index (χ1n) is 7.48. The van der Waals surface area contributed by atoms with E-state index < -0.39 is 0 Å². The standard InChI is InChI=1S/C18H16N2O3S/c1-13-3-2-4-15(11-13)23-10-9-20-17(21)16(24-18(20)22)12-14-5-7-19-8-6-14/h2-8,11-12H,9-10H2,1H3/b16-12-. The van der Waals surface area contributed by atoms with E-state index in [9.17, 15) is 9.59 Å². The quantitative estimate of drug-likeness (QED) is 0.780. The Bertz CT molecular complexity index is 790. The summed E-state index contributed by atoms with van der Waals surface area (Å²) in [7, 11) is 0. The van der Waals surface area contributed by atoms with Crippen molar-refractivity contribution in [3.05, 3.63) is 64.8 Å². The van der Waals surface area contributed by atoms with Crippen LogP contribution in [0.1, 0.15) is 11.1 Å². The Morgan fingerprint density at radius 1 is 1.21 bits per heavy atom. The third-order valence-electron chi connectivity index (χ3n) is 3.45. The molecule has 0 unspecified atom stereocenters. The van der Waals surface area contributed by atoms with Crippen LogP contribution in [0.25, 0.3) is 6.08 Å². The van der Waals surface area contributed by atoms with Gasteiger partial charge in [0.2, 0.25) is 0 Å². The number of rotatable bonds is 5. The summed E-state index contributed by atoms with van der Waals surface area (Å²) in [6.07, 6.45) is 4.99. The van der Waals surface area contributed by atoms with E-state index in [1.165, 1.54) is 4.90 Å². The number of hydrogen-bond donors (Lipinski definition) is 0. The number of nitrogens with zero attached hydrogens (tertiary/aromatic N) is 2. The maximum atomic E-state index is 12.4. The third kappa shape index (κ3) is 3.83. The molecule has 1 aliphatic heterocycles. The Balaban J connectivity index is 1.61. The SMILES string of the molecule is Cc1cccc(OCCN2C(=O)S/C(=C\c3ccncc3)C2=O)c1. The van der Waals surface area contributed by atoms with Crippen LogP contribution < -0.4 is 4.74 Å². The van der Waals surface area contributed by atoms with Crippen LogP contribution in [-0.4, -0.2) is 34.2 Å². The predicted molar refractivity (Wildman–Crippen MR) is 93.6 cm³/mol. The highest BCUT2D eigenvalue weighted by Crippen LogP contribution is 2.31. The zero-order valence-corrected chi connectivity index (χ0v) is 14.0. The summed E-state index contributed by atoms with van der Waals surface area (Å²) in [5.74, 6) is 0.448. The van der Waals surface area contributed by atoms with E-state index in [0.29, 0.717) is 4.91 Å². The van der Waals surface area contributed by atoms with Crippen molar-refractivity contribution in [3.63, 3.8) is 0 Å². The number of benzene rings is 1. The Hall–Kier alpha value is -2.60. The molecule has 0 spiro atoms. The molecule has 0 atom stereocenters. The number of aromatic nitrogens is 1. The van der Waals surface area contributed by atoms with Crippen LogP contribution in [-0.2, 0) is 4.79 Å². The highest BCUT2D eigenvalue weighted by Gasteiger charge is 2.34. The minimum absolute atomic E-state index is 0.228. The minimum Gasteiger partial charge on any atom is -0.492 e. The molecule has 0 radical (unpaired) electrons. The first kappa shape index (κ1) is 16.3. The summed E-state index contributed by atoms with van der Waals surface area (Å²) in [4.78, 5) is 30.0. The normalized spacial score (nSPS) is 16.0. The molecule has 1 aliphatic rings. The van der Waals surface area contributed by atoms with E-state index in [4.69, 9.17) is 4.74 Å². The maximum absolute atomic E-state index is 12.4. The number of carbonyl (C=O) groups is 2. The van der Waals surface area contributed by atoms with Crippen molar-refractivity contribution in [1.82, 2.24) is 9.88 Å². The number of imide groups is 1. The molecule has 2 heterocycles. The van der Waals surface area contributed by atoms with Gasteiger partial charge in [0, 0.05) is 12.4 Å². The van der Waals surface area contributed by atoms with Crippen LogP contribution in [0.2, 0.25) is 0 Å². The topological polar surface area (TPSA) is 59.5 Å². The van der Waals surface area contributed by atoms with Crippen LogP contribution in [0.15, 0.2) is 53.7 Å². The van der Waals surface area contributed by atoms with Gasteiger partial charge in [0.05, 0.1) is 11.4 Å². The lowest BCUT2D eigenvalue weighted by atomic mass is 10.2. The van der Waals surface area contributed by atoms with Gasteiger partial charge in [-0.2, -0.15) is 0 Å². The summed E-state index contributed by atoms with van der Waals surface area (Å²) >= 11 is 0.948. The molecule has 1 aromatic heterocycles. The molecular formula is C18H16N2O3S. The van der Waals surface area contributed by atoms with Crippen molar-refractivity contribution in [2.45, 2.75) is 6.92 Å². The van der Waals surface area contributed by atoms with Gasteiger partial charge in [-0.05, 0) is 60.2 Å². The molecule has 24 heavy (non-hydrogen) atoms. The Morgan fingerprint density at radius 3 is 2.75 bits per heavy atom. The van der Waals surface area contributed by atoms with Crippen LogP contribution in [0.4, 0.5) is 4.79 Å². The fraction of sp³-hybridized carbons (Fsp3) is 0.167. The lowest BCUT2D eigenvalue weighted by Crippen LogP contribution is -2.32. The van der Waals surface area contributed by atoms with Gasteiger partial charge in [0.15, 0.2) is 0 Å². The highest BCUT2D eigenvalue weighted by molar-refractivity contribution is 8.18. The van der Waals surface area contributed by atoms with Crippen LogP contribution in [0.3, 0.4) is 0 Å². The van der Waals surface area contributed by atoms with Gasteiger partial charge in [0.25, 0.3) is 11.1 Å². The molecular weight excluding hydrogens is 324 g/mol. The fourth-order valence-electron chi connectivity index (χ4n) is 2.26. The summed E-state index contributed by atoms with van der Waals surface area (Å²) in [5.41, 5.74) is 1.94. The molecule has 1 saturated heterocycles. The monoisotopic (exact) mass is 340 g/mol. The average molecular weight is 340 g/mol. The van der Waals surface area contributed by atoms with E-state index in [0.717, 1.165) is 28.6 Å². The predicted octanol–water partition coefficient (Wildman–Crippen LogP) is 3.51. The second-order valence-corrected chi connectivity index (χ2v) is 6.27. The number of pyridine rings is 1. The van der Waals surface area contributed by atoms with Gasteiger partial charge in [-0.25, -0.2) is 0 Å². The molecule has 6 heteroatoms. The van der Waals surface area contributed by atoms with Crippen molar-refractivity contribution >= 4 is 29.0 Å². The van der Waals surface area contributed by atoms with Gasteiger partial charge < -0.3 is 4.74 Å². The van der Waals surface area contributed by atoms with Crippen molar-refractivity contribution in [3.8, 4) is 5.75 Å². The van der Waals surface area contributed by atoms with E-state index in [1.807, 2.05) is 31.2 Å². The van der Waals surface area contributed by atoms with Crippen molar-refractivity contribution in [2.24, 2.45) is 0 Å². The minimum atomic E-state index is -0.283. The molecule has 122 valence electrons. The average Bonchev–Trinajstić information content (AvgIpc) is 2.83. The largest absolute Gasteiger partial charge is 0.492 e. The van der Waals surface area contributed by atoms with Crippen LogP contribution in [0, 0.1) is 6.92 Å². The van der Waals surface area contributed by atoms with Gasteiger partial charge in [-0.3, -0.25) is 19.5 Å². The molecule has 2 amide bonds. The number of aryl methyl sites for hydroxylation is 1. The van der Waals surface area contributed by atoms with Crippen LogP contribution >= 0.6 is 11.8 Å². The zero-order chi connectivity index (χ0) is 16.9. The Labute approximate surface area is 144 Å². The molecule has 0 aliphatic carbocycles. The van der Waals surface area contributed by atoms with Gasteiger partial charge in [-0.1, -0.05) is 12.1 Å². The first-order chi connectivity index (χ1) is 11.6. The van der Waals surface area contributed by atoms with Gasteiger partial charge in [0.1, 0.15) is 12.4 Å². The summed E-state index contributed by atoms with van der Waals surface area (Å²) in [5, 5.41) is -0.270. The van der Waals surface area contributed by atoms with Gasteiger partial charge in [-0.15, -0.1) is 0 Å². The van der Waals surface area contributed by atoms with Crippen molar-refractivity contribution < 1.29 is 14.3 Å². The second kappa shape index (κ2) is 7.31. The highest BCUT2D eigenvalue weighted by atomic mass is 32.2. The van der Waals surface area contributed by atoms with E-state index in [-0.39, 0.29) is 24.3 Å². The van der Waals surface area contributed by atoms with Crippen molar-refractivity contribution in [1.29, 1.82) is 0 Å². The number of thioether (sulfide) groups is 1. The number of hydrogen-bond acceptors (Lipinski definition) is 5. The number of amides is 2. The lowest BCUT2D eigenvalue weighted by molar-refractivity contribution is -0.123. The molecule has 0 bridgehead atoms. The summed E-state index contributed by atoms with van der Waals surface area (Å²) < 4.78 is 5.62. The summed E-state index contributed by atoms with van der Waals surface area (Å²) in [6, 6.07) is 11.2. The smallest absolute Gasteiger partial charge is 0.293 e. The number of ether oxygens (including phenoxy) is 1. The molecule has 3 rings (SSSR count).